The van der Waals surface area contributed by atoms with E-state index in [4.69, 9.17) is 4.74 Å². The molecule has 0 unspecified atom stereocenters. The molecule has 0 saturated carbocycles. The number of carbonyl (C=O) groups is 1. The van der Waals surface area contributed by atoms with E-state index in [9.17, 15) is 18.0 Å². The van der Waals surface area contributed by atoms with E-state index in [0.29, 0.717) is 0 Å². The second kappa shape index (κ2) is 6.59. The van der Waals surface area contributed by atoms with Crippen LogP contribution in [0.5, 0.6) is 11.5 Å². The molecule has 9 heteroatoms. The van der Waals surface area contributed by atoms with Crippen molar-refractivity contribution in [2.75, 3.05) is 7.11 Å². The highest BCUT2D eigenvalue weighted by Gasteiger charge is 2.33. The molecule has 2 aromatic rings. The van der Waals surface area contributed by atoms with E-state index in [1.165, 1.54) is 25.4 Å². The summed E-state index contributed by atoms with van der Waals surface area (Å²) in [6.07, 6.45) is -3.38. The van der Waals surface area contributed by atoms with Crippen LogP contribution in [0.3, 0.4) is 0 Å². The molecule has 1 amide bonds. The lowest BCUT2D eigenvalue weighted by Gasteiger charge is -2.14. The number of carbonyl (C=O) groups excluding carboxylic acids is 1. The molecule has 2 rings (SSSR count). The smallest absolute Gasteiger partial charge is 0.497 e. The van der Waals surface area contributed by atoms with Gasteiger partial charge in [0.2, 0.25) is 0 Å². The predicted molar refractivity (Wildman–Crippen MR) is 74.2 cm³/mol. The minimum absolute atomic E-state index is 0.115. The maximum absolute atomic E-state index is 12.4. The van der Waals surface area contributed by atoms with Crippen molar-refractivity contribution in [1.29, 1.82) is 0 Å². The van der Waals surface area contributed by atoms with Crippen LogP contribution in [-0.4, -0.2) is 29.6 Å². The number of amides is 1. The fourth-order valence-corrected chi connectivity index (χ4v) is 1.85. The summed E-state index contributed by atoms with van der Waals surface area (Å²) in [5.41, 5.74) is 1.20. The normalized spacial score (nSPS) is 11.2. The van der Waals surface area contributed by atoms with Crippen LogP contribution in [0.15, 0.2) is 24.4 Å². The fraction of sp³-hybridized carbons (Fsp3) is 0.286. The Morgan fingerprint density at radius 3 is 2.70 bits per heavy atom. The molecule has 6 nitrogen and oxygen atoms in total. The van der Waals surface area contributed by atoms with Crippen molar-refractivity contribution >= 4 is 5.91 Å². The van der Waals surface area contributed by atoms with Crippen LogP contribution in [0.1, 0.15) is 21.6 Å². The van der Waals surface area contributed by atoms with E-state index < -0.39 is 18.0 Å². The average Bonchev–Trinajstić information content (AvgIpc) is 2.89. The van der Waals surface area contributed by atoms with Crippen LogP contribution in [0.4, 0.5) is 13.2 Å². The van der Waals surface area contributed by atoms with Gasteiger partial charge in [0, 0.05) is 17.8 Å². The largest absolute Gasteiger partial charge is 0.573 e. The molecular formula is C14H14F3N3O3. The first kappa shape index (κ1) is 16.7. The van der Waals surface area contributed by atoms with Crippen molar-refractivity contribution in [2.45, 2.75) is 19.8 Å². The molecule has 0 saturated heterocycles. The number of aromatic nitrogens is 2. The number of hydrogen-bond acceptors (Lipinski definition) is 4. The second-order valence-corrected chi connectivity index (χ2v) is 4.61. The summed E-state index contributed by atoms with van der Waals surface area (Å²) >= 11 is 0. The average molecular weight is 329 g/mol. The van der Waals surface area contributed by atoms with Crippen LogP contribution in [0, 0.1) is 6.92 Å². The molecule has 23 heavy (non-hydrogen) atoms. The molecule has 2 N–H and O–H groups in total. The topological polar surface area (TPSA) is 76.2 Å². The molecule has 1 aromatic heterocycles. The highest BCUT2D eigenvalue weighted by atomic mass is 19.4. The van der Waals surface area contributed by atoms with Gasteiger partial charge in [0.1, 0.15) is 11.5 Å². The number of nitrogens with one attached hydrogen (secondary N) is 2. The summed E-state index contributed by atoms with van der Waals surface area (Å²) in [5, 5.41) is 9.01. The minimum Gasteiger partial charge on any atom is -0.497 e. The predicted octanol–water partition coefficient (Wildman–Crippen LogP) is 2.56. The number of benzene rings is 1. The van der Waals surface area contributed by atoms with Crippen molar-refractivity contribution in [3.8, 4) is 11.5 Å². The number of methoxy groups -OCH3 is 1. The summed E-state index contributed by atoms with van der Waals surface area (Å²) in [6, 6.07) is 3.49. The van der Waals surface area contributed by atoms with E-state index >= 15 is 0 Å². The summed E-state index contributed by atoms with van der Waals surface area (Å²) in [6.45, 7) is 1.88. The van der Waals surface area contributed by atoms with Crippen LogP contribution < -0.4 is 14.8 Å². The molecule has 124 valence electrons. The SMILES string of the molecule is COc1ccc(OC(F)(F)F)c(C(=O)NCc2cn[nH]c2C)c1. The quantitative estimate of drug-likeness (QED) is 0.884. The zero-order valence-electron chi connectivity index (χ0n) is 12.3. The molecule has 0 aliphatic heterocycles. The van der Waals surface area contributed by atoms with Crippen molar-refractivity contribution in [2.24, 2.45) is 0 Å². The Morgan fingerprint density at radius 1 is 1.39 bits per heavy atom. The third-order valence-electron chi connectivity index (χ3n) is 3.03. The van der Waals surface area contributed by atoms with Gasteiger partial charge in [-0.05, 0) is 25.1 Å². The van der Waals surface area contributed by atoms with Crippen LogP contribution in [0.25, 0.3) is 0 Å². The van der Waals surface area contributed by atoms with Gasteiger partial charge in [-0.1, -0.05) is 0 Å². The molecule has 0 aliphatic carbocycles. The van der Waals surface area contributed by atoms with Gasteiger partial charge in [0.15, 0.2) is 0 Å². The van der Waals surface area contributed by atoms with Crippen molar-refractivity contribution in [3.05, 3.63) is 41.2 Å². The fourth-order valence-electron chi connectivity index (χ4n) is 1.85. The van der Waals surface area contributed by atoms with E-state index in [-0.39, 0.29) is 17.9 Å². The van der Waals surface area contributed by atoms with Gasteiger partial charge in [0.25, 0.3) is 5.91 Å². The first-order valence-electron chi connectivity index (χ1n) is 6.51. The maximum Gasteiger partial charge on any atom is 0.573 e. The Kier molecular flexibility index (Phi) is 4.77. The van der Waals surface area contributed by atoms with Gasteiger partial charge in [0.05, 0.1) is 18.9 Å². The maximum atomic E-state index is 12.4. The Bertz CT molecular complexity index is 698. The number of ether oxygens (including phenoxy) is 2. The summed E-state index contributed by atoms with van der Waals surface area (Å²) in [7, 11) is 1.34. The number of aromatic amines is 1. The third kappa shape index (κ3) is 4.38. The zero-order valence-corrected chi connectivity index (χ0v) is 12.3. The van der Waals surface area contributed by atoms with Gasteiger partial charge in [-0.2, -0.15) is 5.10 Å². The molecule has 0 aliphatic rings. The van der Waals surface area contributed by atoms with Crippen molar-refractivity contribution in [1.82, 2.24) is 15.5 Å². The molecular weight excluding hydrogens is 315 g/mol. The monoisotopic (exact) mass is 329 g/mol. The van der Waals surface area contributed by atoms with Gasteiger partial charge in [-0.3, -0.25) is 9.89 Å². The number of hydrogen-bond donors (Lipinski definition) is 2. The molecule has 0 bridgehead atoms. The number of nitrogens with zero attached hydrogens (tertiary/aromatic N) is 1. The summed E-state index contributed by atoms with van der Waals surface area (Å²) in [5.74, 6) is -1.08. The Labute approximate surface area is 129 Å². The second-order valence-electron chi connectivity index (χ2n) is 4.61. The highest BCUT2D eigenvalue weighted by molar-refractivity contribution is 5.97. The minimum atomic E-state index is -4.90. The number of alkyl halides is 3. The number of H-pyrrole nitrogens is 1. The lowest BCUT2D eigenvalue weighted by molar-refractivity contribution is -0.274. The van der Waals surface area contributed by atoms with E-state index in [2.05, 4.69) is 20.3 Å². The summed E-state index contributed by atoms with van der Waals surface area (Å²) in [4.78, 5) is 12.2. The number of aryl methyl sites for hydroxylation is 1. The summed E-state index contributed by atoms with van der Waals surface area (Å²) < 4.78 is 46.1. The number of rotatable bonds is 5. The van der Waals surface area contributed by atoms with Crippen molar-refractivity contribution in [3.63, 3.8) is 0 Å². The highest BCUT2D eigenvalue weighted by Crippen LogP contribution is 2.29. The molecule has 1 heterocycles. The lowest BCUT2D eigenvalue weighted by Crippen LogP contribution is -2.25. The Morgan fingerprint density at radius 2 is 2.13 bits per heavy atom. The molecule has 0 atom stereocenters. The zero-order chi connectivity index (χ0) is 17.0. The van der Waals surface area contributed by atoms with Crippen LogP contribution >= 0.6 is 0 Å². The molecule has 0 radical (unpaired) electrons. The standard InChI is InChI=1S/C14H14F3N3O3/c1-8-9(7-19-20-8)6-18-13(21)11-5-10(22-2)3-4-12(11)23-14(15,16)17/h3-5,7H,6H2,1-2H3,(H,18,21)(H,19,20). The van der Waals surface area contributed by atoms with Gasteiger partial charge >= 0.3 is 6.36 Å². The lowest BCUT2D eigenvalue weighted by atomic mass is 10.1. The van der Waals surface area contributed by atoms with Crippen LogP contribution in [0.2, 0.25) is 0 Å². The van der Waals surface area contributed by atoms with Gasteiger partial charge < -0.3 is 14.8 Å². The van der Waals surface area contributed by atoms with Gasteiger partial charge in [-0.25, -0.2) is 0 Å². The third-order valence-corrected chi connectivity index (χ3v) is 3.03. The first-order valence-corrected chi connectivity index (χ1v) is 6.51. The Hall–Kier alpha value is -2.71. The van der Waals surface area contributed by atoms with E-state index in [1.54, 1.807) is 6.92 Å². The van der Waals surface area contributed by atoms with E-state index in [0.717, 1.165) is 17.3 Å². The van der Waals surface area contributed by atoms with Gasteiger partial charge in [-0.15, -0.1) is 13.2 Å². The molecule has 1 aromatic carbocycles. The van der Waals surface area contributed by atoms with Crippen LogP contribution in [-0.2, 0) is 6.54 Å². The van der Waals surface area contributed by atoms with Crippen molar-refractivity contribution < 1.29 is 27.4 Å². The molecule has 0 fully saturated rings. The Balaban J connectivity index is 2.21. The van der Waals surface area contributed by atoms with E-state index in [1.807, 2.05) is 0 Å². The first-order chi connectivity index (χ1) is 10.8. The molecule has 0 spiro atoms. The number of halogens is 3.